The highest BCUT2D eigenvalue weighted by molar-refractivity contribution is 7.80. The molecule has 1 aliphatic carbocycles. The molecule has 0 N–H and O–H groups in total. The lowest BCUT2D eigenvalue weighted by Crippen LogP contribution is -2.58. The fourth-order valence-corrected chi connectivity index (χ4v) is 6.40. The summed E-state index contributed by atoms with van der Waals surface area (Å²) >= 11 is 5.47. The zero-order chi connectivity index (χ0) is 20.4. The number of hydrogen-bond donors (Lipinski definition) is 0. The zero-order valence-corrected chi connectivity index (χ0v) is 17.8. The van der Waals surface area contributed by atoms with E-state index in [0.717, 1.165) is 5.56 Å². The van der Waals surface area contributed by atoms with Crippen molar-refractivity contribution in [2.24, 2.45) is 0 Å². The molecule has 3 rings (SSSR count). The van der Waals surface area contributed by atoms with Gasteiger partial charge in [-0.15, -0.1) is 0 Å². The Balaban J connectivity index is 2.16. The monoisotopic (exact) mass is 425 g/mol. The molecule has 0 bridgehead atoms. The predicted octanol–water partition coefficient (Wildman–Crippen LogP) is 3.46. The van der Waals surface area contributed by atoms with E-state index in [0.29, 0.717) is 13.0 Å². The summed E-state index contributed by atoms with van der Waals surface area (Å²) in [6.07, 6.45) is 4.52. The quantitative estimate of drug-likeness (QED) is 0.297. The highest BCUT2D eigenvalue weighted by Crippen LogP contribution is 2.65. The first-order valence-corrected chi connectivity index (χ1v) is 10.9. The lowest BCUT2D eigenvalue weighted by Gasteiger charge is -2.46. The lowest BCUT2D eigenvalue weighted by atomic mass is 9.86. The number of esters is 1. The van der Waals surface area contributed by atoms with Crippen LogP contribution in [0.15, 0.2) is 42.5 Å². The van der Waals surface area contributed by atoms with Crippen molar-refractivity contribution >= 4 is 31.0 Å². The number of rotatable bonds is 6. The first-order valence-electron chi connectivity index (χ1n) is 8.92. The fraction of sp³-hybridized carbons (Fsp3) is 0.474. The minimum Gasteiger partial charge on any atom is -0.468 e. The van der Waals surface area contributed by atoms with Gasteiger partial charge in [0.2, 0.25) is 0 Å². The van der Waals surface area contributed by atoms with Gasteiger partial charge in [-0.1, -0.05) is 42.5 Å². The van der Waals surface area contributed by atoms with Gasteiger partial charge in [0, 0.05) is 14.2 Å². The van der Waals surface area contributed by atoms with E-state index in [9.17, 15) is 9.36 Å². The van der Waals surface area contributed by atoms with Crippen LogP contribution < -0.4 is 0 Å². The molecular formula is C19H24NO6PS. The van der Waals surface area contributed by atoms with E-state index < -0.39 is 24.8 Å². The van der Waals surface area contributed by atoms with Gasteiger partial charge < -0.3 is 23.4 Å². The van der Waals surface area contributed by atoms with Crippen molar-refractivity contribution in [3.8, 4) is 0 Å². The molecule has 1 aromatic carbocycles. The smallest absolute Gasteiger partial charge is 0.349 e. The van der Waals surface area contributed by atoms with Crippen LogP contribution in [-0.2, 0) is 27.9 Å². The van der Waals surface area contributed by atoms with Gasteiger partial charge in [-0.3, -0.25) is 9.36 Å². The average Bonchev–Trinajstić information content (AvgIpc) is 3.14. The Kier molecular flexibility index (Phi) is 6.25. The minimum absolute atomic E-state index is 0.234. The number of methoxy groups -OCH3 is 1. The van der Waals surface area contributed by atoms with E-state index in [2.05, 4.69) is 0 Å². The molecule has 1 fully saturated rings. The number of carbonyl (C=O) groups excluding carboxylic acids is 1. The topological polar surface area (TPSA) is 74.3 Å². The molecule has 0 saturated carbocycles. The summed E-state index contributed by atoms with van der Waals surface area (Å²) < 4.78 is 35.0. The van der Waals surface area contributed by atoms with Crippen molar-refractivity contribution < 1.29 is 27.9 Å². The lowest BCUT2D eigenvalue weighted by molar-refractivity contribution is -0.146. The molecule has 0 aromatic heterocycles. The largest absolute Gasteiger partial charge is 0.468 e. The molecule has 0 spiro atoms. The summed E-state index contributed by atoms with van der Waals surface area (Å²) in [7, 11) is -0.0783. The van der Waals surface area contributed by atoms with Crippen LogP contribution in [0.5, 0.6) is 0 Å². The van der Waals surface area contributed by atoms with Crippen LogP contribution >= 0.6 is 19.8 Å². The second-order valence-corrected chi connectivity index (χ2v) is 9.47. The molecule has 0 radical (unpaired) electrons. The first kappa shape index (κ1) is 21.0. The van der Waals surface area contributed by atoms with E-state index in [1.54, 1.807) is 0 Å². The van der Waals surface area contributed by atoms with Crippen LogP contribution in [-0.4, -0.2) is 55.2 Å². The van der Waals surface area contributed by atoms with Crippen molar-refractivity contribution in [1.29, 1.82) is 0 Å². The number of ether oxygens (including phenoxy) is 2. The number of nitrogens with zero attached hydrogens (tertiary/aromatic N) is 1. The van der Waals surface area contributed by atoms with Crippen molar-refractivity contribution in [3.63, 3.8) is 0 Å². The third-order valence-corrected chi connectivity index (χ3v) is 8.34. The number of hydrogen-bond acceptors (Lipinski definition) is 7. The molecule has 1 saturated heterocycles. The second kappa shape index (κ2) is 8.33. The molecule has 1 aliphatic heterocycles. The normalized spacial score (nSPS) is 27.5. The number of thiocarbonyl (C=S) groups is 1. The summed E-state index contributed by atoms with van der Waals surface area (Å²) in [5.74, 6) is -0.657. The molecule has 1 heterocycles. The van der Waals surface area contributed by atoms with Gasteiger partial charge in [0.05, 0.1) is 19.2 Å². The van der Waals surface area contributed by atoms with Crippen molar-refractivity contribution in [1.82, 2.24) is 4.90 Å². The highest BCUT2D eigenvalue weighted by Gasteiger charge is 2.65. The maximum atomic E-state index is 13.7. The zero-order valence-electron chi connectivity index (χ0n) is 16.1. The second-order valence-electron chi connectivity index (χ2n) is 6.60. The van der Waals surface area contributed by atoms with Crippen LogP contribution in [0.25, 0.3) is 0 Å². The summed E-state index contributed by atoms with van der Waals surface area (Å²) in [4.78, 5) is 14.9. The van der Waals surface area contributed by atoms with Gasteiger partial charge in [-0.2, -0.15) is 0 Å². The van der Waals surface area contributed by atoms with Gasteiger partial charge in [0.1, 0.15) is 6.61 Å². The van der Waals surface area contributed by atoms with Crippen molar-refractivity contribution in [3.05, 3.63) is 48.0 Å². The molecule has 0 unspecified atom stereocenters. The highest BCUT2D eigenvalue weighted by atomic mass is 32.1. The molecular weight excluding hydrogens is 401 g/mol. The Hall–Kier alpha value is -1.73. The van der Waals surface area contributed by atoms with E-state index in [1.165, 1.54) is 21.3 Å². The molecule has 152 valence electrons. The third-order valence-electron chi connectivity index (χ3n) is 5.40. The van der Waals surface area contributed by atoms with E-state index in [-0.39, 0.29) is 17.6 Å². The van der Waals surface area contributed by atoms with Gasteiger partial charge >= 0.3 is 13.6 Å². The molecule has 2 aliphatic rings. The molecule has 28 heavy (non-hydrogen) atoms. The SMILES string of the molecule is COC(=O)[C@]1(P(=O)(OC)OC)CCC=C[C@H]1N1C(=S)OC[C@H]1c1ccccc1. The Morgan fingerprint density at radius 3 is 2.54 bits per heavy atom. The maximum Gasteiger partial charge on any atom is 0.349 e. The predicted molar refractivity (Wildman–Crippen MR) is 108 cm³/mol. The van der Waals surface area contributed by atoms with Gasteiger partial charge in [-0.25, -0.2) is 0 Å². The third kappa shape index (κ3) is 3.18. The van der Waals surface area contributed by atoms with E-state index in [4.69, 9.17) is 30.7 Å². The van der Waals surface area contributed by atoms with Gasteiger partial charge in [0.15, 0.2) is 5.16 Å². The standard InChI is InChI=1S/C19H24NO6PS/c1-23-17(21)19(27(22,24-2)25-3)12-8-7-11-16(19)20-15(13-26-18(20)28)14-9-5-4-6-10-14/h4-7,9-11,15-16H,8,12-13H2,1-3H3/t15-,16+,19-/m0/s1. The van der Waals surface area contributed by atoms with Crippen LogP contribution in [0.1, 0.15) is 24.4 Å². The summed E-state index contributed by atoms with van der Waals surface area (Å²) in [5.41, 5.74) is 0.977. The Morgan fingerprint density at radius 1 is 1.25 bits per heavy atom. The van der Waals surface area contributed by atoms with Crippen LogP contribution in [0.3, 0.4) is 0 Å². The summed E-state index contributed by atoms with van der Waals surface area (Å²) in [6, 6.07) is 8.75. The summed E-state index contributed by atoms with van der Waals surface area (Å²) in [6.45, 7) is 0.328. The number of benzene rings is 1. The Labute approximate surface area is 170 Å². The van der Waals surface area contributed by atoms with Gasteiger partial charge in [-0.05, 0) is 30.6 Å². The number of allylic oxidation sites excluding steroid dienone is 1. The van der Waals surface area contributed by atoms with Crippen LogP contribution in [0.4, 0.5) is 0 Å². The van der Waals surface area contributed by atoms with Crippen LogP contribution in [0.2, 0.25) is 0 Å². The molecule has 1 aromatic rings. The molecule has 9 heteroatoms. The molecule has 0 amide bonds. The summed E-state index contributed by atoms with van der Waals surface area (Å²) in [5, 5.41) is -1.33. The van der Waals surface area contributed by atoms with Crippen LogP contribution in [0, 0.1) is 0 Å². The molecule has 7 nitrogen and oxygen atoms in total. The average molecular weight is 425 g/mol. The van der Waals surface area contributed by atoms with Gasteiger partial charge in [0.25, 0.3) is 5.17 Å². The fourth-order valence-electron chi connectivity index (χ4n) is 4.04. The Morgan fingerprint density at radius 2 is 1.93 bits per heavy atom. The first-order chi connectivity index (χ1) is 13.4. The Bertz CT molecular complexity index is 808. The number of carbonyl (C=O) groups is 1. The molecule has 3 atom stereocenters. The van der Waals surface area contributed by atoms with E-state index >= 15 is 0 Å². The maximum absolute atomic E-state index is 13.7. The van der Waals surface area contributed by atoms with E-state index in [1.807, 2.05) is 47.4 Å². The van der Waals surface area contributed by atoms with Crippen molar-refractivity contribution in [2.45, 2.75) is 30.1 Å². The minimum atomic E-state index is -3.90. The van der Waals surface area contributed by atoms with Crippen molar-refractivity contribution in [2.75, 3.05) is 27.9 Å².